The molecule has 0 radical (unpaired) electrons. The Morgan fingerprint density at radius 2 is 1.68 bits per heavy atom. The number of alkyl halides is 3. The van der Waals surface area contributed by atoms with Gasteiger partial charge in [-0.15, -0.1) is 0 Å². The fourth-order valence-electron chi connectivity index (χ4n) is 3.69. The van der Waals surface area contributed by atoms with Gasteiger partial charge in [0.1, 0.15) is 5.75 Å². The number of aromatic hydroxyl groups is 1. The van der Waals surface area contributed by atoms with E-state index in [9.17, 15) is 23.1 Å². The third-order valence-corrected chi connectivity index (χ3v) is 5.31. The molecular formula is C22H21F3N4O2. The number of halogens is 3. The summed E-state index contributed by atoms with van der Waals surface area (Å²) in [4.78, 5) is 16.4. The Labute approximate surface area is 177 Å². The standard InChI is InChI=1S/C22H21F3N4O2/c1-15-5-7-16(8-6-15)29-20(22(23,24)25)19(14-26-29)21(31)28-11-9-27(10-12-28)17-3-2-4-18(30)13-17/h2-8,13-14,30H,9-12H2,1H3. The minimum Gasteiger partial charge on any atom is -0.508 e. The summed E-state index contributed by atoms with van der Waals surface area (Å²) in [5.74, 6) is -0.560. The molecule has 1 N–H and O–H groups in total. The van der Waals surface area contributed by atoms with Crippen molar-refractivity contribution >= 4 is 11.6 Å². The average Bonchev–Trinajstić information content (AvgIpc) is 3.20. The molecular weight excluding hydrogens is 409 g/mol. The van der Waals surface area contributed by atoms with Crippen LogP contribution in [0.4, 0.5) is 18.9 Å². The predicted octanol–water partition coefficient (Wildman–Crippen LogP) is 3.87. The van der Waals surface area contributed by atoms with Crippen molar-refractivity contribution in [1.29, 1.82) is 0 Å². The number of piperazine rings is 1. The first-order valence-electron chi connectivity index (χ1n) is 9.79. The Morgan fingerprint density at radius 1 is 1.00 bits per heavy atom. The number of rotatable bonds is 3. The number of carbonyl (C=O) groups is 1. The topological polar surface area (TPSA) is 61.6 Å². The highest BCUT2D eigenvalue weighted by atomic mass is 19.4. The molecule has 0 bridgehead atoms. The van der Waals surface area contributed by atoms with E-state index in [4.69, 9.17) is 0 Å². The molecule has 1 saturated heterocycles. The zero-order chi connectivity index (χ0) is 22.2. The van der Waals surface area contributed by atoms with Crippen molar-refractivity contribution in [3.05, 3.63) is 71.5 Å². The molecule has 31 heavy (non-hydrogen) atoms. The first-order chi connectivity index (χ1) is 14.7. The number of aromatic nitrogens is 2. The largest absolute Gasteiger partial charge is 0.508 e. The number of phenols is 1. The minimum atomic E-state index is -4.74. The van der Waals surface area contributed by atoms with Crippen LogP contribution >= 0.6 is 0 Å². The van der Waals surface area contributed by atoms with E-state index in [0.29, 0.717) is 13.1 Å². The van der Waals surface area contributed by atoms with Crippen molar-refractivity contribution < 1.29 is 23.1 Å². The molecule has 9 heteroatoms. The lowest BCUT2D eigenvalue weighted by atomic mass is 10.1. The van der Waals surface area contributed by atoms with Crippen LogP contribution in [0.5, 0.6) is 5.75 Å². The maximum Gasteiger partial charge on any atom is 0.434 e. The molecule has 2 heterocycles. The Morgan fingerprint density at radius 3 is 2.29 bits per heavy atom. The van der Waals surface area contributed by atoms with Gasteiger partial charge in [0.15, 0.2) is 5.69 Å². The van der Waals surface area contributed by atoms with Crippen LogP contribution in [-0.4, -0.2) is 51.9 Å². The first kappa shape index (κ1) is 20.8. The zero-order valence-electron chi connectivity index (χ0n) is 16.8. The quantitative estimate of drug-likeness (QED) is 0.686. The van der Waals surface area contributed by atoms with Crippen LogP contribution in [-0.2, 0) is 6.18 Å². The number of aryl methyl sites for hydroxylation is 1. The van der Waals surface area contributed by atoms with Crippen molar-refractivity contribution in [3.8, 4) is 11.4 Å². The summed E-state index contributed by atoms with van der Waals surface area (Å²) in [6, 6.07) is 13.2. The van der Waals surface area contributed by atoms with Gasteiger partial charge in [0, 0.05) is 37.9 Å². The van der Waals surface area contributed by atoms with Gasteiger partial charge in [-0.05, 0) is 31.2 Å². The van der Waals surface area contributed by atoms with Gasteiger partial charge in [-0.3, -0.25) is 4.79 Å². The summed E-state index contributed by atoms with van der Waals surface area (Å²) in [5, 5.41) is 13.5. The molecule has 0 saturated carbocycles. The van der Waals surface area contributed by atoms with Crippen molar-refractivity contribution in [2.24, 2.45) is 0 Å². The van der Waals surface area contributed by atoms with Crippen molar-refractivity contribution in [1.82, 2.24) is 14.7 Å². The Hall–Kier alpha value is -3.49. The molecule has 0 spiro atoms. The number of anilines is 1. The molecule has 1 aliphatic heterocycles. The van der Waals surface area contributed by atoms with Gasteiger partial charge in [-0.1, -0.05) is 23.8 Å². The van der Waals surface area contributed by atoms with E-state index in [0.717, 1.165) is 22.1 Å². The number of carbonyl (C=O) groups excluding carboxylic acids is 1. The second kappa shape index (κ2) is 7.98. The molecule has 1 amide bonds. The van der Waals surface area contributed by atoms with Crippen LogP contribution in [0, 0.1) is 6.92 Å². The van der Waals surface area contributed by atoms with Crippen LogP contribution in [0.25, 0.3) is 5.69 Å². The normalized spacial score (nSPS) is 14.7. The average molecular weight is 430 g/mol. The lowest BCUT2D eigenvalue weighted by Gasteiger charge is -2.36. The number of hydrogen-bond donors (Lipinski definition) is 1. The Balaban J connectivity index is 1.57. The van der Waals surface area contributed by atoms with E-state index in [1.807, 2.05) is 17.9 Å². The number of benzene rings is 2. The molecule has 3 aromatic rings. The predicted molar refractivity (Wildman–Crippen MR) is 110 cm³/mol. The summed E-state index contributed by atoms with van der Waals surface area (Å²) in [7, 11) is 0. The van der Waals surface area contributed by atoms with E-state index >= 15 is 0 Å². The maximum atomic E-state index is 13.9. The van der Waals surface area contributed by atoms with Crippen molar-refractivity contribution in [2.75, 3.05) is 31.1 Å². The lowest BCUT2D eigenvalue weighted by molar-refractivity contribution is -0.143. The monoisotopic (exact) mass is 430 g/mol. The van der Waals surface area contributed by atoms with Gasteiger partial charge in [-0.25, -0.2) is 4.68 Å². The fourth-order valence-corrected chi connectivity index (χ4v) is 3.69. The van der Waals surface area contributed by atoms with Gasteiger partial charge in [-0.2, -0.15) is 18.3 Å². The first-order valence-corrected chi connectivity index (χ1v) is 9.79. The molecule has 1 aromatic heterocycles. The van der Waals surface area contributed by atoms with Crippen LogP contribution in [0.15, 0.2) is 54.7 Å². The smallest absolute Gasteiger partial charge is 0.434 e. The lowest BCUT2D eigenvalue weighted by Crippen LogP contribution is -2.49. The van der Waals surface area contributed by atoms with E-state index in [2.05, 4.69) is 5.10 Å². The van der Waals surface area contributed by atoms with Crippen molar-refractivity contribution in [2.45, 2.75) is 13.1 Å². The van der Waals surface area contributed by atoms with Crippen molar-refractivity contribution in [3.63, 3.8) is 0 Å². The zero-order valence-corrected chi connectivity index (χ0v) is 16.8. The van der Waals surface area contributed by atoms with E-state index < -0.39 is 23.3 Å². The van der Waals surface area contributed by atoms with Gasteiger partial charge in [0.25, 0.3) is 5.91 Å². The Bertz CT molecular complexity index is 1080. The summed E-state index contributed by atoms with van der Waals surface area (Å²) in [6.45, 7) is 3.26. The van der Waals surface area contributed by atoms with Gasteiger partial charge >= 0.3 is 6.18 Å². The van der Waals surface area contributed by atoms with Crippen LogP contribution in [0.3, 0.4) is 0 Å². The number of amides is 1. The SMILES string of the molecule is Cc1ccc(-n2ncc(C(=O)N3CCN(c4cccc(O)c4)CC3)c2C(F)(F)F)cc1. The summed E-state index contributed by atoms with van der Waals surface area (Å²) < 4.78 is 42.5. The second-order valence-electron chi connectivity index (χ2n) is 7.45. The van der Waals surface area contributed by atoms with E-state index in [1.165, 1.54) is 4.90 Å². The minimum absolute atomic E-state index is 0.134. The summed E-state index contributed by atoms with van der Waals surface area (Å²) in [6.07, 6.45) is -3.75. The maximum absolute atomic E-state index is 13.9. The van der Waals surface area contributed by atoms with Gasteiger partial charge < -0.3 is 14.9 Å². The van der Waals surface area contributed by atoms with Crippen LogP contribution in [0.1, 0.15) is 21.6 Å². The number of phenolic OH excluding ortho intramolecular Hbond substituents is 1. The highest BCUT2D eigenvalue weighted by Crippen LogP contribution is 2.34. The van der Waals surface area contributed by atoms with E-state index in [1.54, 1.807) is 42.5 Å². The third-order valence-electron chi connectivity index (χ3n) is 5.31. The molecule has 162 valence electrons. The third kappa shape index (κ3) is 4.21. The molecule has 1 aliphatic rings. The van der Waals surface area contributed by atoms with Crippen LogP contribution in [0.2, 0.25) is 0 Å². The highest BCUT2D eigenvalue weighted by molar-refractivity contribution is 5.95. The van der Waals surface area contributed by atoms with Crippen LogP contribution < -0.4 is 4.90 Å². The number of nitrogens with zero attached hydrogens (tertiary/aromatic N) is 4. The Kier molecular flexibility index (Phi) is 5.34. The fraction of sp³-hybridized carbons (Fsp3) is 0.273. The molecule has 0 aliphatic carbocycles. The highest BCUT2D eigenvalue weighted by Gasteiger charge is 2.41. The second-order valence-corrected chi connectivity index (χ2v) is 7.45. The molecule has 0 unspecified atom stereocenters. The summed E-state index contributed by atoms with van der Waals surface area (Å²) >= 11 is 0. The molecule has 4 rings (SSSR count). The number of hydrogen-bond acceptors (Lipinski definition) is 4. The van der Waals surface area contributed by atoms with Gasteiger partial charge in [0.05, 0.1) is 17.4 Å². The molecule has 6 nitrogen and oxygen atoms in total. The molecule has 1 fully saturated rings. The molecule has 0 atom stereocenters. The summed E-state index contributed by atoms with van der Waals surface area (Å²) in [5.41, 5.74) is 0.418. The molecule has 2 aromatic carbocycles. The van der Waals surface area contributed by atoms with E-state index in [-0.39, 0.29) is 24.5 Å². The van der Waals surface area contributed by atoms with Gasteiger partial charge in [0.2, 0.25) is 0 Å².